The summed E-state index contributed by atoms with van der Waals surface area (Å²) in [5.41, 5.74) is 0. The molecule has 15 heavy (non-hydrogen) atoms. The Bertz CT molecular complexity index is 246. The van der Waals surface area contributed by atoms with E-state index in [1.54, 1.807) is 11.8 Å². The van der Waals surface area contributed by atoms with Crippen molar-refractivity contribution < 1.29 is 19.4 Å². The van der Waals surface area contributed by atoms with Crippen molar-refractivity contribution in [3.05, 3.63) is 0 Å². The first-order chi connectivity index (χ1) is 7.06. The molecule has 0 radical (unpaired) electrons. The highest BCUT2D eigenvalue weighted by Crippen LogP contribution is 2.18. The average Bonchev–Trinajstić information content (AvgIpc) is 2.27. The third-order valence-electron chi connectivity index (χ3n) is 2.86. The van der Waals surface area contributed by atoms with Crippen molar-refractivity contribution in [3.8, 4) is 0 Å². The van der Waals surface area contributed by atoms with Gasteiger partial charge >= 0.3 is 5.97 Å². The maximum Gasteiger partial charge on any atom is 0.306 e. The summed E-state index contributed by atoms with van der Waals surface area (Å²) in [6.45, 7) is 2.73. The van der Waals surface area contributed by atoms with Crippen LogP contribution in [-0.2, 0) is 14.3 Å². The lowest BCUT2D eigenvalue weighted by Crippen LogP contribution is -2.44. The van der Waals surface area contributed by atoms with E-state index in [-0.39, 0.29) is 11.8 Å². The molecular weight excluding hydrogens is 198 g/mol. The largest absolute Gasteiger partial charge is 0.481 e. The number of hydrogen-bond acceptors (Lipinski definition) is 3. The molecule has 1 aliphatic rings. The lowest BCUT2D eigenvalue weighted by molar-refractivity contribution is -0.148. The second-order valence-corrected chi connectivity index (χ2v) is 3.82. The summed E-state index contributed by atoms with van der Waals surface area (Å²) in [7, 11) is 1.49. The predicted octanol–water partition coefficient (Wildman–Crippen LogP) is 0.344. The molecule has 0 saturated carbocycles. The second-order valence-electron chi connectivity index (χ2n) is 3.82. The molecule has 0 spiro atoms. The molecule has 0 aromatic heterocycles. The molecule has 0 aromatic carbocycles. The Balaban J connectivity index is 2.43. The van der Waals surface area contributed by atoms with Crippen molar-refractivity contribution in [2.45, 2.75) is 25.9 Å². The number of nitrogens with zero attached hydrogens (tertiary/aromatic N) is 1. The van der Waals surface area contributed by atoms with E-state index in [4.69, 9.17) is 9.84 Å². The predicted molar refractivity (Wildman–Crippen MR) is 53.4 cm³/mol. The zero-order valence-corrected chi connectivity index (χ0v) is 9.10. The SMILES string of the molecule is COC(C)C(=O)N1CCC(C(=O)O)CC1. The third kappa shape index (κ3) is 2.92. The number of carbonyl (C=O) groups is 2. The Kier molecular flexibility index (Phi) is 4.08. The highest BCUT2D eigenvalue weighted by atomic mass is 16.5. The number of likely N-dealkylation sites (tertiary alicyclic amines) is 1. The number of methoxy groups -OCH3 is 1. The summed E-state index contributed by atoms with van der Waals surface area (Å²) in [5, 5.41) is 8.79. The van der Waals surface area contributed by atoms with Gasteiger partial charge in [0.25, 0.3) is 5.91 Å². The Morgan fingerprint density at radius 3 is 2.33 bits per heavy atom. The van der Waals surface area contributed by atoms with E-state index < -0.39 is 12.1 Å². The fourth-order valence-corrected chi connectivity index (χ4v) is 1.70. The number of ether oxygens (including phenoxy) is 1. The van der Waals surface area contributed by atoms with Crippen LogP contribution in [0.1, 0.15) is 19.8 Å². The highest BCUT2D eigenvalue weighted by Gasteiger charge is 2.28. The van der Waals surface area contributed by atoms with Gasteiger partial charge in [-0.25, -0.2) is 0 Å². The molecular formula is C10H17NO4. The van der Waals surface area contributed by atoms with E-state index in [0.717, 1.165) is 0 Å². The Morgan fingerprint density at radius 1 is 1.40 bits per heavy atom. The van der Waals surface area contributed by atoms with Crippen LogP contribution >= 0.6 is 0 Å². The van der Waals surface area contributed by atoms with Gasteiger partial charge in [0.1, 0.15) is 6.10 Å². The maximum atomic E-state index is 11.7. The number of rotatable bonds is 3. The van der Waals surface area contributed by atoms with Gasteiger partial charge in [-0.1, -0.05) is 0 Å². The topological polar surface area (TPSA) is 66.8 Å². The number of aliphatic carboxylic acids is 1. The molecule has 0 aliphatic carbocycles. The molecule has 1 fully saturated rings. The van der Waals surface area contributed by atoms with Gasteiger partial charge in [0.05, 0.1) is 5.92 Å². The van der Waals surface area contributed by atoms with Gasteiger partial charge in [-0.3, -0.25) is 9.59 Å². The lowest BCUT2D eigenvalue weighted by Gasteiger charge is -2.31. The van der Waals surface area contributed by atoms with E-state index in [9.17, 15) is 9.59 Å². The number of hydrogen-bond donors (Lipinski definition) is 1. The minimum atomic E-state index is -0.762. The van der Waals surface area contributed by atoms with Crippen LogP contribution in [0.5, 0.6) is 0 Å². The van der Waals surface area contributed by atoms with Crippen molar-refractivity contribution >= 4 is 11.9 Å². The van der Waals surface area contributed by atoms with Crippen LogP contribution < -0.4 is 0 Å². The molecule has 0 bridgehead atoms. The Labute approximate surface area is 89.0 Å². The molecule has 1 amide bonds. The summed E-state index contributed by atoms with van der Waals surface area (Å²) in [5.74, 6) is -1.12. The van der Waals surface area contributed by atoms with Crippen LogP contribution in [-0.4, -0.2) is 48.2 Å². The summed E-state index contributed by atoms with van der Waals surface area (Å²) in [4.78, 5) is 24.0. The molecule has 5 nitrogen and oxygen atoms in total. The maximum absolute atomic E-state index is 11.7. The van der Waals surface area contributed by atoms with Crippen molar-refractivity contribution in [1.82, 2.24) is 4.90 Å². The summed E-state index contributed by atoms with van der Waals surface area (Å²) in [6, 6.07) is 0. The van der Waals surface area contributed by atoms with Crippen molar-refractivity contribution in [3.63, 3.8) is 0 Å². The quantitative estimate of drug-likeness (QED) is 0.737. The van der Waals surface area contributed by atoms with Crippen molar-refractivity contribution in [2.24, 2.45) is 5.92 Å². The minimum Gasteiger partial charge on any atom is -0.481 e. The first-order valence-electron chi connectivity index (χ1n) is 5.10. The van der Waals surface area contributed by atoms with Crippen LogP contribution in [0.15, 0.2) is 0 Å². The molecule has 1 saturated heterocycles. The van der Waals surface area contributed by atoms with Gasteiger partial charge in [-0.05, 0) is 19.8 Å². The number of carbonyl (C=O) groups excluding carboxylic acids is 1. The van der Waals surface area contributed by atoms with Gasteiger partial charge in [0, 0.05) is 20.2 Å². The van der Waals surface area contributed by atoms with E-state index in [2.05, 4.69) is 0 Å². The molecule has 1 heterocycles. The van der Waals surface area contributed by atoms with Crippen LogP contribution in [0, 0.1) is 5.92 Å². The molecule has 1 rings (SSSR count). The summed E-state index contributed by atoms with van der Waals surface area (Å²) < 4.78 is 4.93. The average molecular weight is 215 g/mol. The molecule has 1 atom stereocenters. The molecule has 1 aliphatic heterocycles. The number of amides is 1. The molecule has 1 unspecified atom stereocenters. The molecule has 5 heteroatoms. The Morgan fingerprint density at radius 2 is 1.93 bits per heavy atom. The van der Waals surface area contributed by atoms with Crippen LogP contribution in [0.3, 0.4) is 0 Å². The van der Waals surface area contributed by atoms with Gasteiger partial charge < -0.3 is 14.7 Å². The number of carboxylic acids is 1. The van der Waals surface area contributed by atoms with Crippen LogP contribution in [0.4, 0.5) is 0 Å². The zero-order chi connectivity index (χ0) is 11.4. The highest BCUT2D eigenvalue weighted by molar-refractivity contribution is 5.81. The van der Waals surface area contributed by atoms with E-state index in [1.807, 2.05) is 0 Å². The third-order valence-corrected chi connectivity index (χ3v) is 2.86. The monoisotopic (exact) mass is 215 g/mol. The number of piperidine rings is 1. The summed E-state index contributed by atoms with van der Waals surface area (Å²) >= 11 is 0. The van der Waals surface area contributed by atoms with E-state index in [0.29, 0.717) is 25.9 Å². The van der Waals surface area contributed by atoms with E-state index in [1.165, 1.54) is 7.11 Å². The van der Waals surface area contributed by atoms with Crippen molar-refractivity contribution in [2.75, 3.05) is 20.2 Å². The fraction of sp³-hybridized carbons (Fsp3) is 0.800. The second kappa shape index (κ2) is 5.11. The first-order valence-corrected chi connectivity index (χ1v) is 5.10. The molecule has 86 valence electrons. The van der Waals surface area contributed by atoms with Crippen LogP contribution in [0.25, 0.3) is 0 Å². The van der Waals surface area contributed by atoms with E-state index >= 15 is 0 Å². The number of carboxylic acid groups (broad SMARTS) is 1. The summed E-state index contributed by atoms with van der Waals surface area (Å²) in [6.07, 6.45) is 0.640. The first kappa shape index (κ1) is 12.0. The van der Waals surface area contributed by atoms with Gasteiger partial charge in [0.2, 0.25) is 0 Å². The lowest BCUT2D eigenvalue weighted by atomic mass is 9.97. The normalized spacial score (nSPS) is 20.0. The standard InChI is InChI=1S/C10H17NO4/c1-7(15-2)9(12)11-5-3-8(4-6-11)10(13)14/h7-8H,3-6H2,1-2H3,(H,13,14). The minimum absolute atomic E-state index is 0.0543. The van der Waals surface area contributed by atoms with Gasteiger partial charge in [-0.15, -0.1) is 0 Å². The zero-order valence-electron chi connectivity index (χ0n) is 9.10. The Hall–Kier alpha value is -1.10. The smallest absolute Gasteiger partial charge is 0.306 e. The van der Waals surface area contributed by atoms with Gasteiger partial charge in [0.15, 0.2) is 0 Å². The fourth-order valence-electron chi connectivity index (χ4n) is 1.70. The van der Waals surface area contributed by atoms with Crippen LogP contribution in [0.2, 0.25) is 0 Å². The molecule has 1 N–H and O–H groups in total. The van der Waals surface area contributed by atoms with Crippen molar-refractivity contribution in [1.29, 1.82) is 0 Å². The van der Waals surface area contributed by atoms with Gasteiger partial charge in [-0.2, -0.15) is 0 Å². The molecule has 0 aromatic rings.